The number of hydrogen-bond acceptors (Lipinski definition) is 3. The maximum absolute atomic E-state index is 12.1. The van der Waals surface area contributed by atoms with Gasteiger partial charge in [0.1, 0.15) is 0 Å². The number of nitrogens with two attached hydrogens (primary N) is 1. The van der Waals surface area contributed by atoms with Gasteiger partial charge < -0.3 is 10.6 Å². The van der Waals surface area contributed by atoms with E-state index in [4.69, 9.17) is 5.73 Å². The highest BCUT2D eigenvalue weighted by Gasteiger charge is 2.37. The van der Waals surface area contributed by atoms with Gasteiger partial charge in [-0.2, -0.15) is 0 Å². The van der Waals surface area contributed by atoms with Crippen molar-refractivity contribution in [2.45, 2.75) is 24.4 Å². The van der Waals surface area contributed by atoms with E-state index >= 15 is 0 Å². The molecule has 20 heavy (non-hydrogen) atoms. The summed E-state index contributed by atoms with van der Waals surface area (Å²) in [5, 5.41) is -0.554. The molecule has 1 aliphatic heterocycles. The van der Waals surface area contributed by atoms with Gasteiger partial charge in [-0.05, 0) is 25.0 Å². The number of hydrogen-bond donors (Lipinski definition) is 1. The fourth-order valence-electron chi connectivity index (χ4n) is 2.10. The van der Waals surface area contributed by atoms with Gasteiger partial charge in [0, 0.05) is 18.2 Å². The highest BCUT2D eigenvalue weighted by molar-refractivity contribution is 7.19. The summed E-state index contributed by atoms with van der Waals surface area (Å²) in [6, 6.07) is 0. The Kier molecular flexibility index (Phi) is 5.66. The van der Waals surface area contributed by atoms with Crippen molar-refractivity contribution in [2.75, 3.05) is 19.7 Å². The first kappa shape index (κ1) is 17.1. The van der Waals surface area contributed by atoms with Crippen LogP contribution in [0.1, 0.15) is 12.8 Å². The summed E-state index contributed by atoms with van der Waals surface area (Å²) in [7, 11) is 2.50. The molecule has 1 heterocycles. The summed E-state index contributed by atoms with van der Waals surface area (Å²) < 4.78 is 40.3. The fourth-order valence-corrected chi connectivity index (χ4v) is 2.44. The van der Waals surface area contributed by atoms with Crippen LogP contribution < -0.4 is 5.73 Å². The molecule has 0 spiro atoms. The molecule has 0 bridgehead atoms. The highest BCUT2D eigenvalue weighted by Crippen LogP contribution is 2.35. The molecule has 0 saturated carbocycles. The number of alkyl halides is 3. The Morgan fingerprint density at radius 1 is 1.30 bits per heavy atom. The molecule has 1 atom stereocenters. The van der Waals surface area contributed by atoms with Gasteiger partial charge in [-0.15, -0.1) is 22.4 Å². The van der Waals surface area contributed by atoms with E-state index in [1.54, 1.807) is 6.08 Å². The van der Waals surface area contributed by atoms with Crippen molar-refractivity contribution in [2.24, 2.45) is 5.73 Å². The van der Waals surface area contributed by atoms with E-state index < -0.39 is 11.5 Å². The van der Waals surface area contributed by atoms with Crippen molar-refractivity contribution in [1.29, 1.82) is 0 Å². The third-order valence-electron chi connectivity index (χ3n) is 3.33. The van der Waals surface area contributed by atoms with Crippen molar-refractivity contribution in [1.82, 2.24) is 4.90 Å². The third kappa shape index (κ3) is 4.84. The lowest BCUT2D eigenvalue weighted by molar-refractivity contribution is -0.327. The van der Waals surface area contributed by atoms with E-state index in [1.165, 1.54) is 6.08 Å². The van der Waals surface area contributed by atoms with Crippen LogP contribution in [0.2, 0.25) is 0 Å². The molecule has 1 rings (SSSR count). The number of likely N-dealkylation sites (tertiary alicyclic amines) is 1. The van der Waals surface area contributed by atoms with Crippen LogP contribution in [0.3, 0.4) is 0 Å². The topological polar surface area (TPSA) is 38.5 Å². The van der Waals surface area contributed by atoms with Crippen LogP contribution in [0.15, 0.2) is 36.7 Å². The molecular formula is C13H20F3N2OP. The Morgan fingerprint density at radius 3 is 2.25 bits per heavy atom. The van der Waals surface area contributed by atoms with Gasteiger partial charge in [0.2, 0.25) is 0 Å². The summed E-state index contributed by atoms with van der Waals surface area (Å²) in [4.78, 5) is 2.00. The molecule has 0 aromatic carbocycles. The summed E-state index contributed by atoms with van der Waals surface area (Å²) in [5.41, 5.74) is 7.10. The molecule has 0 radical (unpaired) electrons. The van der Waals surface area contributed by atoms with E-state index in [0.29, 0.717) is 31.6 Å². The van der Waals surface area contributed by atoms with Crippen LogP contribution >= 0.6 is 9.24 Å². The normalized spacial score (nSPS) is 20.3. The first-order valence-corrected chi connectivity index (χ1v) is 6.78. The number of nitrogens with zero attached hydrogens (tertiary/aromatic N) is 1. The van der Waals surface area contributed by atoms with Crippen molar-refractivity contribution >= 4 is 9.24 Å². The minimum Gasteiger partial charge on any atom is -0.397 e. The first-order valence-electron chi connectivity index (χ1n) is 6.20. The molecule has 1 unspecified atom stereocenters. The molecule has 0 aliphatic carbocycles. The predicted molar refractivity (Wildman–Crippen MR) is 76.9 cm³/mol. The molecular weight excluding hydrogens is 288 g/mol. The molecule has 114 valence electrons. The number of halogens is 3. The summed E-state index contributed by atoms with van der Waals surface area (Å²) in [6.45, 7) is 8.15. The average Bonchev–Trinajstić information content (AvgIpc) is 2.39. The quantitative estimate of drug-likeness (QED) is 0.627. The number of ether oxygens (including phenoxy) is 1. The third-order valence-corrected chi connectivity index (χ3v) is 4.08. The lowest BCUT2D eigenvalue weighted by Gasteiger charge is -2.40. The first-order chi connectivity index (χ1) is 9.21. The van der Waals surface area contributed by atoms with Crippen molar-refractivity contribution in [3.8, 4) is 0 Å². The van der Waals surface area contributed by atoms with Crippen molar-refractivity contribution < 1.29 is 17.9 Å². The van der Waals surface area contributed by atoms with E-state index in [2.05, 4.69) is 27.1 Å². The summed E-state index contributed by atoms with van der Waals surface area (Å²) >= 11 is 0. The van der Waals surface area contributed by atoms with Gasteiger partial charge in [0.05, 0.1) is 18.0 Å². The average molecular weight is 308 g/mol. The van der Waals surface area contributed by atoms with Crippen LogP contribution in [0.5, 0.6) is 0 Å². The van der Waals surface area contributed by atoms with Crippen LogP contribution in [-0.2, 0) is 4.74 Å². The molecule has 0 aromatic rings. The monoisotopic (exact) mass is 308 g/mol. The second-order valence-electron chi connectivity index (χ2n) is 4.83. The second-order valence-corrected chi connectivity index (χ2v) is 6.06. The minimum absolute atomic E-state index is 0.348. The highest BCUT2D eigenvalue weighted by atomic mass is 31.0. The predicted octanol–water partition coefficient (Wildman–Crippen LogP) is 2.77. The van der Waals surface area contributed by atoms with Gasteiger partial charge in [-0.25, -0.2) is 0 Å². The zero-order valence-corrected chi connectivity index (χ0v) is 12.4. The summed E-state index contributed by atoms with van der Waals surface area (Å²) in [6.07, 6.45) is -0.281. The van der Waals surface area contributed by atoms with Gasteiger partial charge in [0.25, 0.3) is 0 Å². The Hall–Kier alpha value is -1.00. The zero-order valence-electron chi connectivity index (χ0n) is 11.2. The largest absolute Gasteiger partial charge is 0.522 e. The van der Waals surface area contributed by atoms with E-state index in [-0.39, 0.29) is 6.61 Å². The van der Waals surface area contributed by atoms with Crippen LogP contribution in [0.25, 0.3) is 0 Å². The Bertz CT molecular complexity index is 399. The van der Waals surface area contributed by atoms with Gasteiger partial charge in [-0.3, -0.25) is 4.74 Å². The maximum atomic E-state index is 12.1. The lowest BCUT2D eigenvalue weighted by Crippen LogP contribution is -2.44. The number of piperidine rings is 1. The van der Waals surface area contributed by atoms with Crippen LogP contribution in [-0.4, -0.2) is 36.1 Å². The molecule has 7 heteroatoms. The van der Waals surface area contributed by atoms with Crippen molar-refractivity contribution in [3.63, 3.8) is 0 Å². The maximum Gasteiger partial charge on any atom is 0.522 e. The zero-order chi connectivity index (χ0) is 15.4. The molecule has 0 aromatic heterocycles. The number of rotatable bonds is 5. The molecule has 1 aliphatic rings. The Labute approximate surface area is 119 Å². The molecule has 3 nitrogen and oxygen atoms in total. The SMILES string of the molecule is C=C/C(N)=C(\C=C)N1CCC(P)(COC(F)(F)F)CC1. The standard InChI is InChI=1S/C13H20F3N2OP/c1-3-10(17)11(4-2)18-7-5-12(20,6-8-18)9-19-13(14,15)16/h3-4H,1-2,5-9,17,20H2/b11-10-. The van der Waals surface area contributed by atoms with Gasteiger partial charge in [0.15, 0.2) is 0 Å². The summed E-state index contributed by atoms with van der Waals surface area (Å²) in [5.74, 6) is 0. The lowest BCUT2D eigenvalue weighted by atomic mass is 9.95. The second kappa shape index (κ2) is 6.64. The molecule has 1 saturated heterocycles. The molecule has 1 fully saturated rings. The van der Waals surface area contributed by atoms with Crippen LogP contribution in [0.4, 0.5) is 13.2 Å². The van der Waals surface area contributed by atoms with Crippen molar-refractivity contribution in [3.05, 3.63) is 36.7 Å². The van der Waals surface area contributed by atoms with E-state index in [1.807, 2.05) is 4.90 Å². The van der Waals surface area contributed by atoms with E-state index in [0.717, 1.165) is 5.70 Å². The molecule has 0 amide bonds. The Morgan fingerprint density at radius 2 is 1.85 bits per heavy atom. The van der Waals surface area contributed by atoms with E-state index in [9.17, 15) is 13.2 Å². The van der Waals surface area contributed by atoms with Gasteiger partial charge >= 0.3 is 6.36 Å². The smallest absolute Gasteiger partial charge is 0.397 e. The molecule has 2 N–H and O–H groups in total. The minimum atomic E-state index is -4.58. The fraction of sp³-hybridized carbons (Fsp3) is 0.538. The van der Waals surface area contributed by atoms with Crippen LogP contribution in [0, 0.1) is 0 Å². The van der Waals surface area contributed by atoms with Gasteiger partial charge in [-0.1, -0.05) is 13.2 Å². The Balaban J connectivity index is 2.63. The number of allylic oxidation sites excluding steroid dienone is 2.